The summed E-state index contributed by atoms with van der Waals surface area (Å²) in [7, 11) is 3.52. The van der Waals surface area contributed by atoms with Crippen LogP contribution in [0, 0.1) is 5.92 Å². The van der Waals surface area contributed by atoms with Gasteiger partial charge < -0.3 is 9.84 Å². The largest absolute Gasteiger partial charge is 0.392 e. The average Bonchev–Trinajstić information content (AvgIpc) is 2.51. The van der Waals surface area contributed by atoms with E-state index in [-0.39, 0.29) is 12.0 Å². The van der Waals surface area contributed by atoms with Crippen molar-refractivity contribution in [1.29, 1.82) is 0 Å². The van der Waals surface area contributed by atoms with Gasteiger partial charge in [0.25, 0.3) is 0 Å². The molecule has 0 aromatic carbocycles. The highest BCUT2D eigenvalue weighted by Crippen LogP contribution is 2.10. The van der Waals surface area contributed by atoms with Crippen molar-refractivity contribution in [3.05, 3.63) is 18.0 Å². The lowest BCUT2D eigenvalue weighted by Gasteiger charge is -2.16. The summed E-state index contributed by atoms with van der Waals surface area (Å²) in [5.41, 5.74) is 1.06. The Balaban J connectivity index is 2.43. The van der Waals surface area contributed by atoms with Gasteiger partial charge in [0, 0.05) is 32.7 Å². The molecule has 80 valence electrons. The number of aryl methyl sites for hydroxylation is 1. The van der Waals surface area contributed by atoms with Crippen LogP contribution < -0.4 is 0 Å². The van der Waals surface area contributed by atoms with Crippen molar-refractivity contribution in [2.24, 2.45) is 13.0 Å². The van der Waals surface area contributed by atoms with Gasteiger partial charge in [-0.05, 0) is 5.56 Å². The number of hydrogen-bond acceptors (Lipinski definition) is 3. The van der Waals surface area contributed by atoms with Crippen LogP contribution in [0.5, 0.6) is 0 Å². The Bertz CT molecular complexity index is 273. The van der Waals surface area contributed by atoms with Gasteiger partial charge in [0.15, 0.2) is 0 Å². The molecule has 4 nitrogen and oxygen atoms in total. The first-order valence-corrected chi connectivity index (χ1v) is 4.78. The number of ether oxygens (including phenoxy) is 1. The van der Waals surface area contributed by atoms with E-state index in [4.69, 9.17) is 4.74 Å². The zero-order valence-corrected chi connectivity index (χ0v) is 8.97. The fraction of sp³-hybridized carbons (Fsp3) is 0.700. The summed E-state index contributed by atoms with van der Waals surface area (Å²) in [6.45, 7) is 2.56. The molecule has 0 saturated heterocycles. The van der Waals surface area contributed by atoms with Crippen LogP contribution in [-0.4, -0.2) is 34.7 Å². The van der Waals surface area contributed by atoms with Crippen LogP contribution in [0.1, 0.15) is 12.5 Å². The molecular weight excluding hydrogens is 180 g/mol. The molecule has 0 amide bonds. The van der Waals surface area contributed by atoms with Crippen LogP contribution in [0.25, 0.3) is 0 Å². The summed E-state index contributed by atoms with van der Waals surface area (Å²) in [6, 6.07) is 0. The predicted molar refractivity (Wildman–Crippen MR) is 54.0 cm³/mol. The smallest absolute Gasteiger partial charge is 0.0629 e. The Morgan fingerprint density at radius 3 is 2.86 bits per heavy atom. The second-order valence-corrected chi connectivity index (χ2v) is 3.73. The molecule has 0 bridgehead atoms. The topological polar surface area (TPSA) is 47.3 Å². The van der Waals surface area contributed by atoms with Crippen LogP contribution >= 0.6 is 0 Å². The van der Waals surface area contributed by atoms with Crippen LogP contribution in [-0.2, 0) is 18.2 Å². The molecule has 1 aromatic heterocycles. The number of aliphatic hydroxyl groups excluding tert-OH is 1. The van der Waals surface area contributed by atoms with Crippen molar-refractivity contribution in [2.75, 3.05) is 13.7 Å². The fourth-order valence-corrected chi connectivity index (χ4v) is 1.39. The highest BCUT2D eigenvalue weighted by Gasteiger charge is 2.15. The van der Waals surface area contributed by atoms with E-state index in [1.54, 1.807) is 18.0 Å². The van der Waals surface area contributed by atoms with Gasteiger partial charge in [-0.1, -0.05) is 6.92 Å². The summed E-state index contributed by atoms with van der Waals surface area (Å²) >= 11 is 0. The van der Waals surface area contributed by atoms with Gasteiger partial charge in [-0.3, -0.25) is 4.68 Å². The highest BCUT2D eigenvalue weighted by molar-refractivity contribution is 5.05. The van der Waals surface area contributed by atoms with Gasteiger partial charge >= 0.3 is 0 Å². The van der Waals surface area contributed by atoms with Gasteiger partial charge in [-0.15, -0.1) is 0 Å². The van der Waals surface area contributed by atoms with Gasteiger partial charge in [0.2, 0.25) is 0 Å². The Hall–Kier alpha value is -0.870. The molecule has 14 heavy (non-hydrogen) atoms. The molecule has 1 rings (SSSR count). The molecule has 1 N–H and O–H groups in total. The van der Waals surface area contributed by atoms with Crippen molar-refractivity contribution >= 4 is 0 Å². The van der Waals surface area contributed by atoms with Crippen LogP contribution in [0.2, 0.25) is 0 Å². The summed E-state index contributed by atoms with van der Waals surface area (Å²) in [4.78, 5) is 0. The Morgan fingerprint density at radius 2 is 2.36 bits per heavy atom. The molecule has 0 spiro atoms. The fourth-order valence-electron chi connectivity index (χ4n) is 1.39. The Labute approximate surface area is 84.5 Å². The molecule has 2 atom stereocenters. The third-order valence-corrected chi connectivity index (χ3v) is 2.29. The second-order valence-electron chi connectivity index (χ2n) is 3.73. The summed E-state index contributed by atoms with van der Waals surface area (Å²) in [5.74, 6) is 0.153. The summed E-state index contributed by atoms with van der Waals surface area (Å²) in [5, 5.41) is 13.8. The SMILES string of the molecule is COCC(C)C(O)Cc1cnn(C)c1. The Kier molecular flexibility index (Phi) is 4.10. The van der Waals surface area contributed by atoms with Crippen molar-refractivity contribution in [3.8, 4) is 0 Å². The van der Waals surface area contributed by atoms with Crippen LogP contribution in [0.4, 0.5) is 0 Å². The van der Waals surface area contributed by atoms with Gasteiger partial charge in [0.05, 0.1) is 18.9 Å². The molecule has 0 radical (unpaired) electrons. The van der Waals surface area contributed by atoms with Gasteiger partial charge in [-0.2, -0.15) is 5.10 Å². The molecule has 0 aliphatic carbocycles. The molecule has 0 fully saturated rings. The van der Waals surface area contributed by atoms with E-state index in [0.29, 0.717) is 13.0 Å². The van der Waals surface area contributed by atoms with Crippen LogP contribution in [0.3, 0.4) is 0 Å². The minimum absolute atomic E-state index is 0.153. The molecule has 4 heteroatoms. The van der Waals surface area contributed by atoms with E-state index in [1.165, 1.54) is 0 Å². The van der Waals surface area contributed by atoms with Crippen LogP contribution in [0.15, 0.2) is 12.4 Å². The number of aromatic nitrogens is 2. The molecule has 1 heterocycles. The zero-order valence-electron chi connectivity index (χ0n) is 8.97. The van der Waals surface area contributed by atoms with Crippen molar-refractivity contribution in [3.63, 3.8) is 0 Å². The minimum atomic E-state index is -0.362. The quantitative estimate of drug-likeness (QED) is 0.754. The van der Waals surface area contributed by atoms with E-state index in [0.717, 1.165) is 5.56 Å². The molecule has 2 unspecified atom stereocenters. The normalized spacial score (nSPS) is 15.4. The first kappa shape index (κ1) is 11.2. The standard InChI is InChI=1S/C10H18N2O2/c1-8(7-14-3)10(13)4-9-5-11-12(2)6-9/h5-6,8,10,13H,4,7H2,1-3H3. The van der Waals surface area contributed by atoms with Crippen molar-refractivity contribution in [2.45, 2.75) is 19.4 Å². The molecule has 0 aliphatic rings. The number of nitrogens with zero attached hydrogens (tertiary/aromatic N) is 2. The summed E-state index contributed by atoms with van der Waals surface area (Å²) < 4.78 is 6.73. The van der Waals surface area contributed by atoms with E-state index < -0.39 is 0 Å². The average molecular weight is 198 g/mol. The predicted octanol–water partition coefficient (Wildman–Crippen LogP) is 0.606. The Morgan fingerprint density at radius 1 is 1.64 bits per heavy atom. The van der Waals surface area contributed by atoms with E-state index in [1.807, 2.05) is 20.2 Å². The summed E-state index contributed by atoms with van der Waals surface area (Å²) in [6.07, 6.45) is 3.98. The first-order chi connectivity index (χ1) is 6.63. The molecular formula is C10H18N2O2. The molecule has 0 aliphatic heterocycles. The lowest BCUT2D eigenvalue weighted by molar-refractivity contribution is 0.0575. The van der Waals surface area contributed by atoms with E-state index >= 15 is 0 Å². The minimum Gasteiger partial charge on any atom is -0.392 e. The second kappa shape index (κ2) is 5.12. The maximum atomic E-state index is 9.79. The lowest BCUT2D eigenvalue weighted by Crippen LogP contribution is -2.23. The third-order valence-electron chi connectivity index (χ3n) is 2.29. The number of hydrogen-bond donors (Lipinski definition) is 1. The number of aliphatic hydroxyl groups is 1. The maximum Gasteiger partial charge on any atom is 0.0629 e. The third kappa shape index (κ3) is 3.12. The monoisotopic (exact) mass is 198 g/mol. The first-order valence-electron chi connectivity index (χ1n) is 4.78. The number of rotatable bonds is 5. The van der Waals surface area contributed by atoms with E-state index in [9.17, 15) is 5.11 Å². The van der Waals surface area contributed by atoms with E-state index in [2.05, 4.69) is 5.10 Å². The van der Waals surface area contributed by atoms with Crippen molar-refractivity contribution < 1.29 is 9.84 Å². The zero-order chi connectivity index (χ0) is 10.6. The number of methoxy groups -OCH3 is 1. The van der Waals surface area contributed by atoms with Gasteiger partial charge in [-0.25, -0.2) is 0 Å². The van der Waals surface area contributed by atoms with Crippen molar-refractivity contribution in [1.82, 2.24) is 9.78 Å². The maximum absolute atomic E-state index is 9.79. The highest BCUT2D eigenvalue weighted by atomic mass is 16.5. The molecule has 1 aromatic rings. The lowest BCUT2D eigenvalue weighted by atomic mass is 10.0. The molecule has 0 saturated carbocycles. The van der Waals surface area contributed by atoms with Gasteiger partial charge in [0.1, 0.15) is 0 Å².